The zero-order valence-electron chi connectivity index (χ0n) is 21.2. The first-order valence-corrected chi connectivity index (χ1v) is 12.4. The van der Waals surface area contributed by atoms with Gasteiger partial charge in [0.25, 0.3) is 5.91 Å². The summed E-state index contributed by atoms with van der Waals surface area (Å²) in [6.07, 6.45) is 2.70. The maximum atomic E-state index is 13.9. The molecule has 1 heterocycles. The van der Waals surface area contributed by atoms with Crippen LogP contribution in [-0.4, -0.2) is 73.5 Å². The molecule has 4 atom stereocenters. The number of likely N-dealkylation sites (N-methyl/N-ethyl adjacent to an activating group) is 1. The Morgan fingerprint density at radius 1 is 1.18 bits per heavy atom. The van der Waals surface area contributed by atoms with Crippen LogP contribution < -0.4 is 5.73 Å². The van der Waals surface area contributed by atoms with Crippen molar-refractivity contribution in [2.75, 3.05) is 14.1 Å². The number of phenolic OH excluding ortho intramolecular Hbond substituents is 1. The number of pyridine rings is 1. The standard InChI is InChI=1S/C28H29N3O7/c1-4-12-7-8-30-17(9-12)14-5-6-18(32)20-15(14)10-13-11-16-22(31(2)3)24(34)21(27(29)37)26(36)28(16,38)25(35)19(13)23(20)33/h5-9,13,16,22,32-33,36,38H,4,10-11H2,1-3H3,(H2,29,37)/t13-,16-,22+,28-/m0/s1. The number of aryl methyl sites for hydroxylation is 1. The molecule has 1 aromatic heterocycles. The molecule has 1 amide bonds. The summed E-state index contributed by atoms with van der Waals surface area (Å²) in [5.74, 6) is -6.74. The molecule has 10 heteroatoms. The zero-order chi connectivity index (χ0) is 27.7. The number of phenols is 1. The number of hydrogen-bond acceptors (Lipinski definition) is 9. The molecule has 0 aliphatic heterocycles. The number of benzene rings is 1. The van der Waals surface area contributed by atoms with Crippen molar-refractivity contribution in [3.05, 3.63) is 64.1 Å². The van der Waals surface area contributed by atoms with Crippen molar-refractivity contribution in [3.63, 3.8) is 0 Å². The SMILES string of the molecule is CCc1ccnc(-c2ccc(O)c3c2C[C@H]2C[C@H]4[C@@H](N(C)C)C(=O)C(C(N)=O)=C(O)[C@@]4(O)C(=O)C2=C3O)c1. The average molecular weight is 520 g/mol. The number of amides is 1. The van der Waals surface area contributed by atoms with E-state index in [1.54, 1.807) is 26.4 Å². The van der Waals surface area contributed by atoms with Gasteiger partial charge in [-0.2, -0.15) is 0 Å². The van der Waals surface area contributed by atoms with Gasteiger partial charge in [0.05, 0.1) is 17.3 Å². The number of rotatable bonds is 4. The van der Waals surface area contributed by atoms with Crippen molar-refractivity contribution < 1.29 is 34.8 Å². The van der Waals surface area contributed by atoms with Crippen molar-refractivity contribution in [3.8, 4) is 17.0 Å². The van der Waals surface area contributed by atoms with Gasteiger partial charge in [0, 0.05) is 23.3 Å². The van der Waals surface area contributed by atoms with E-state index in [0.29, 0.717) is 16.8 Å². The molecule has 10 nitrogen and oxygen atoms in total. The van der Waals surface area contributed by atoms with E-state index in [9.17, 15) is 34.8 Å². The van der Waals surface area contributed by atoms with Crippen molar-refractivity contribution >= 4 is 23.2 Å². The van der Waals surface area contributed by atoms with Crippen LogP contribution in [0.3, 0.4) is 0 Å². The summed E-state index contributed by atoms with van der Waals surface area (Å²) in [5, 5.41) is 44.7. The number of Topliss-reactive ketones (excluding diaryl/α,β-unsaturated/α-hetero) is 2. The fourth-order valence-electron chi connectivity index (χ4n) is 6.33. The van der Waals surface area contributed by atoms with E-state index >= 15 is 0 Å². The Balaban J connectivity index is 1.73. The van der Waals surface area contributed by atoms with Gasteiger partial charge in [0.2, 0.25) is 5.78 Å². The van der Waals surface area contributed by atoms with Crippen LogP contribution in [0.25, 0.3) is 17.0 Å². The van der Waals surface area contributed by atoms with Crippen LogP contribution in [0.1, 0.15) is 30.0 Å². The highest BCUT2D eigenvalue weighted by Crippen LogP contribution is 2.53. The normalized spacial score (nSPS) is 26.8. The number of aliphatic hydroxyl groups is 3. The van der Waals surface area contributed by atoms with Gasteiger partial charge in [-0.15, -0.1) is 0 Å². The summed E-state index contributed by atoms with van der Waals surface area (Å²) in [6, 6.07) is 5.80. The Hall–Kier alpha value is -4.02. The predicted molar refractivity (Wildman–Crippen MR) is 137 cm³/mol. The molecule has 0 saturated heterocycles. The molecule has 1 aromatic carbocycles. The van der Waals surface area contributed by atoms with Crippen LogP contribution >= 0.6 is 0 Å². The monoisotopic (exact) mass is 519 g/mol. The summed E-state index contributed by atoms with van der Waals surface area (Å²) in [5.41, 5.74) is 4.67. The van der Waals surface area contributed by atoms with E-state index in [2.05, 4.69) is 4.98 Å². The maximum absolute atomic E-state index is 13.9. The maximum Gasteiger partial charge on any atom is 0.255 e. The first kappa shape index (κ1) is 25.6. The minimum absolute atomic E-state index is 0.0310. The number of nitrogens with zero attached hydrogens (tertiary/aromatic N) is 2. The Labute approximate surface area is 218 Å². The third kappa shape index (κ3) is 3.40. The molecule has 38 heavy (non-hydrogen) atoms. The van der Waals surface area contributed by atoms with E-state index in [1.165, 1.54) is 11.0 Å². The Morgan fingerprint density at radius 3 is 2.53 bits per heavy atom. The Morgan fingerprint density at radius 2 is 1.89 bits per heavy atom. The van der Waals surface area contributed by atoms with Crippen LogP contribution in [0.5, 0.6) is 5.75 Å². The predicted octanol–water partition coefficient (Wildman–Crippen LogP) is 1.59. The van der Waals surface area contributed by atoms with Crippen LogP contribution in [0.2, 0.25) is 0 Å². The van der Waals surface area contributed by atoms with Crippen molar-refractivity contribution in [2.24, 2.45) is 17.6 Å². The van der Waals surface area contributed by atoms with Gasteiger partial charge in [0.1, 0.15) is 22.8 Å². The summed E-state index contributed by atoms with van der Waals surface area (Å²) in [4.78, 5) is 45.1. The minimum atomic E-state index is -2.66. The van der Waals surface area contributed by atoms with Gasteiger partial charge in [-0.3, -0.25) is 24.3 Å². The molecule has 6 N–H and O–H groups in total. The van der Waals surface area contributed by atoms with E-state index in [-0.39, 0.29) is 29.7 Å². The van der Waals surface area contributed by atoms with Crippen LogP contribution in [-0.2, 0) is 27.2 Å². The van der Waals surface area contributed by atoms with Crippen LogP contribution in [0.15, 0.2) is 47.4 Å². The second-order valence-electron chi connectivity index (χ2n) is 10.4. The topological polar surface area (TPSA) is 174 Å². The van der Waals surface area contributed by atoms with Gasteiger partial charge in [-0.25, -0.2) is 0 Å². The Bertz CT molecular complexity index is 1470. The smallest absolute Gasteiger partial charge is 0.255 e. The van der Waals surface area contributed by atoms with Gasteiger partial charge in [-0.05, 0) is 74.7 Å². The molecule has 3 aliphatic rings. The molecule has 0 radical (unpaired) electrons. The van der Waals surface area contributed by atoms with E-state index < -0.39 is 58.0 Å². The molecule has 1 saturated carbocycles. The first-order chi connectivity index (χ1) is 17.9. The number of aromatic hydroxyl groups is 1. The van der Waals surface area contributed by atoms with Crippen molar-refractivity contribution in [2.45, 2.75) is 37.8 Å². The molecule has 1 fully saturated rings. The highest BCUT2D eigenvalue weighted by atomic mass is 16.3. The average Bonchev–Trinajstić information content (AvgIpc) is 2.86. The van der Waals surface area contributed by atoms with Crippen molar-refractivity contribution in [1.29, 1.82) is 0 Å². The number of carbonyl (C=O) groups excluding carboxylic acids is 3. The largest absolute Gasteiger partial charge is 0.508 e. The number of hydrogen-bond donors (Lipinski definition) is 5. The number of carbonyl (C=O) groups is 3. The molecule has 2 aromatic rings. The van der Waals surface area contributed by atoms with Gasteiger partial charge >= 0.3 is 0 Å². The molecule has 0 bridgehead atoms. The first-order valence-electron chi connectivity index (χ1n) is 12.4. The van der Waals surface area contributed by atoms with Gasteiger partial charge in [-0.1, -0.05) is 6.92 Å². The molecule has 0 unspecified atom stereocenters. The molecule has 3 aliphatic carbocycles. The Kier molecular flexibility index (Phi) is 5.92. The van der Waals surface area contributed by atoms with E-state index in [1.807, 2.05) is 19.1 Å². The number of aliphatic hydroxyl groups excluding tert-OH is 2. The van der Waals surface area contributed by atoms with Crippen molar-refractivity contribution in [1.82, 2.24) is 9.88 Å². The van der Waals surface area contributed by atoms with Crippen LogP contribution in [0, 0.1) is 11.8 Å². The third-order valence-corrected chi connectivity index (χ3v) is 8.11. The zero-order valence-corrected chi connectivity index (χ0v) is 21.2. The van der Waals surface area contributed by atoms with Gasteiger partial charge in [0.15, 0.2) is 11.4 Å². The summed E-state index contributed by atoms with van der Waals surface area (Å²) in [7, 11) is 3.13. The summed E-state index contributed by atoms with van der Waals surface area (Å²) in [6.45, 7) is 2.02. The highest BCUT2D eigenvalue weighted by Gasteiger charge is 2.64. The van der Waals surface area contributed by atoms with Gasteiger partial charge < -0.3 is 26.2 Å². The lowest BCUT2D eigenvalue weighted by atomic mass is 9.57. The fourth-order valence-corrected chi connectivity index (χ4v) is 6.33. The minimum Gasteiger partial charge on any atom is -0.508 e. The lowest BCUT2D eigenvalue weighted by Crippen LogP contribution is -2.65. The number of nitrogens with two attached hydrogens (primary N) is 1. The third-order valence-electron chi connectivity index (χ3n) is 8.11. The second-order valence-corrected chi connectivity index (χ2v) is 10.4. The molecule has 5 rings (SSSR count). The number of fused-ring (bicyclic) bond motifs is 3. The number of aromatic nitrogens is 1. The summed E-state index contributed by atoms with van der Waals surface area (Å²) < 4.78 is 0. The highest BCUT2D eigenvalue weighted by molar-refractivity contribution is 6.24. The quantitative estimate of drug-likeness (QED) is 0.376. The van der Waals surface area contributed by atoms with Crippen LogP contribution in [0.4, 0.5) is 0 Å². The second kappa shape index (κ2) is 8.78. The van der Waals surface area contributed by atoms with E-state index in [4.69, 9.17) is 5.73 Å². The summed E-state index contributed by atoms with van der Waals surface area (Å²) >= 11 is 0. The van der Waals surface area contributed by atoms with E-state index in [0.717, 1.165) is 12.0 Å². The lowest BCUT2D eigenvalue weighted by Gasteiger charge is -2.50. The number of primary amides is 1. The molecule has 0 spiro atoms. The fraction of sp³-hybridized carbons (Fsp3) is 0.357. The molecule has 198 valence electrons. The lowest BCUT2D eigenvalue weighted by molar-refractivity contribution is -0.153. The number of ketones is 2. The molecular weight excluding hydrogens is 490 g/mol. The molecular formula is C28H29N3O7.